The molecule has 3 atom stereocenters. The lowest BCUT2D eigenvalue weighted by molar-refractivity contribution is -0.0330. The van der Waals surface area contributed by atoms with Crippen molar-refractivity contribution in [3.8, 4) is 0 Å². The Balaban J connectivity index is 1.96. The lowest BCUT2D eigenvalue weighted by atomic mass is 9.82. The average Bonchev–Trinajstić information content (AvgIpc) is 2.85. The highest BCUT2D eigenvalue weighted by molar-refractivity contribution is 5.18. The van der Waals surface area contributed by atoms with E-state index in [4.69, 9.17) is 0 Å². The minimum Gasteiger partial charge on any atom is -0.388 e. The molecular weight excluding hydrogens is 258 g/mol. The highest BCUT2D eigenvalue weighted by atomic mass is 16.3. The first-order valence-electron chi connectivity index (χ1n) is 8.74. The van der Waals surface area contributed by atoms with Crippen LogP contribution in [0.15, 0.2) is 23.3 Å². The quantitative estimate of drug-likeness (QED) is 0.763. The van der Waals surface area contributed by atoms with Gasteiger partial charge in [0.15, 0.2) is 0 Å². The second-order valence-electron chi connectivity index (χ2n) is 7.50. The van der Waals surface area contributed by atoms with Crippen LogP contribution in [-0.4, -0.2) is 34.7 Å². The maximum Gasteiger partial charge on any atom is 0.0811 e. The van der Waals surface area contributed by atoms with Gasteiger partial charge in [-0.1, -0.05) is 43.6 Å². The van der Waals surface area contributed by atoms with E-state index in [1.165, 1.54) is 30.4 Å². The minimum absolute atomic E-state index is 0.386. The second-order valence-corrected chi connectivity index (χ2v) is 7.50. The molecule has 2 aliphatic heterocycles. The summed E-state index contributed by atoms with van der Waals surface area (Å²) in [7, 11) is 0. The predicted octanol–water partition coefficient (Wildman–Crippen LogP) is 4.30. The van der Waals surface area contributed by atoms with Gasteiger partial charge in [-0.25, -0.2) is 0 Å². The van der Waals surface area contributed by atoms with E-state index < -0.39 is 5.60 Å². The number of allylic oxidation sites excluding steroid dienone is 3. The molecule has 2 heteroatoms. The number of rotatable bonds is 5. The lowest BCUT2D eigenvalue weighted by Gasteiger charge is -2.43. The fourth-order valence-corrected chi connectivity index (χ4v) is 4.08. The Morgan fingerprint density at radius 3 is 3.00 bits per heavy atom. The van der Waals surface area contributed by atoms with E-state index in [1.807, 2.05) is 6.92 Å². The second kappa shape index (κ2) is 7.11. The summed E-state index contributed by atoms with van der Waals surface area (Å²) < 4.78 is 0. The van der Waals surface area contributed by atoms with E-state index in [-0.39, 0.29) is 0 Å². The first kappa shape index (κ1) is 16.8. The number of fused-ring (bicyclic) bond motifs is 1. The van der Waals surface area contributed by atoms with E-state index in [9.17, 15) is 5.11 Å². The number of hydrogen-bond donors (Lipinski definition) is 1. The van der Waals surface area contributed by atoms with Crippen LogP contribution in [0, 0.1) is 5.92 Å². The van der Waals surface area contributed by atoms with Crippen LogP contribution in [-0.2, 0) is 0 Å². The molecule has 2 nitrogen and oxygen atoms in total. The summed E-state index contributed by atoms with van der Waals surface area (Å²) in [5.74, 6) is 0.571. The number of piperidine rings is 1. The maximum atomic E-state index is 10.7. The fourth-order valence-electron chi connectivity index (χ4n) is 4.08. The van der Waals surface area contributed by atoms with Crippen molar-refractivity contribution < 1.29 is 5.11 Å². The van der Waals surface area contributed by atoms with Gasteiger partial charge < -0.3 is 5.11 Å². The first-order valence-corrected chi connectivity index (χ1v) is 8.74. The van der Waals surface area contributed by atoms with Crippen molar-refractivity contribution in [2.75, 3.05) is 13.1 Å². The number of nitrogens with zero attached hydrogens (tertiary/aromatic N) is 1. The molecule has 0 amide bonds. The van der Waals surface area contributed by atoms with Gasteiger partial charge in [0.2, 0.25) is 0 Å². The van der Waals surface area contributed by atoms with E-state index in [0.717, 1.165) is 32.4 Å². The van der Waals surface area contributed by atoms with E-state index in [2.05, 4.69) is 37.8 Å². The summed E-state index contributed by atoms with van der Waals surface area (Å²) in [4.78, 5) is 2.49. The van der Waals surface area contributed by atoms with Gasteiger partial charge in [0.25, 0.3) is 0 Å². The third-order valence-electron chi connectivity index (χ3n) is 5.08. The Morgan fingerprint density at radius 1 is 1.52 bits per heavy atom. The van der Waals surface area contributed by atoms with Crippen molar-refractivity contribution in [1.29, 1.82) is 0 Å². The zero-order valence-corrected chi connectivity index (χ0v) is 14.4. The SMILES string of the molecule is CCC/C(C)=C/CC(C)/C=C1\CN2CCCC2C(C)(O)C1. The normalized spacial score (nSPS) is 34.2. The van der Waals surface area contributed by atoms with Crippen molar-refractivity contribution in [2.24, 2.45) is 5.92 Å². The molecule has 0 spiro atoms. The largest absolute Gasteiger partial charge is 0.388 e. The van der Waals surface area contributed by atoms with Crippen molar-refractivity contribution in [1.82, 2.24) is 4.90 Å². The van der Waals surface area contributed by atoms with Gasteiger partial charge in [-0.2, -0.15) is 0 Å². The van der Waals surface area contributed by atoms with Crippen LogP contribution in [0.4, 0.5) is 0 Å². The molecule has 0 bridgehead atoms. The molecule has 3 unspecified atom stereocenters. The Bertz CT molecular complexity index is 408. The summed E-state index contributed by atoms with van der Waals surface area (Å²) in [5, 5.41) is 10.7. The van der Waals surface area contributed by atoms with Gasteiger partial charge in [-0.3, -0.25) is 4.90 Å². The van der Waals surface area contributed by atoms with Crippen LogP contribution in [0.3, 0.4) is 0 Å². The van der Waals surface area contributed by atoms with Crippen LogP contribution in [0.25, 0.3) is 0 Å². The standard InChI is InChI=1S/C19H33NO/c1-5-7-15(2)9-10-16(3)12-17-13-19(4,21)18-8-6-11-20(18)14-17/h9,12,16,18,21H,5-8,10-11,13-14H2,1-4H3/b15-9+,17-12-. The predicted molar refractivity (Wildman–Crippen MR) is 90.4 cm³/mol. The maximum absolute atomic E-state index is 10.7. The molecule has 1 N–H and O–H groups in total. The van der Waals surface area contributed by atoms with Crippen LogP contribution >= 0.6 is 0 Å². The summed E-state index contributed by atoms with van der Waals surface area (Å²) in [5.41, 5.74) is 2.42. The zero-order chi connectivity index (χ0) is 15.5. The highest BCUT2D eigenvalue weighted by Gasteiger charge is 2.43. The Morgan fingerprint density at radius 2 is 2.29 bits per heavy atom. The Hall–Kier alpha value is -0.600. The van der Waals surface area contributed by atoms with Crippen molar-refractivity contribution in [2.45, 2.75) is 77.9 Å². The molecule has 2 saturated heterocycles. The van der Waals surface area contributed by atoms with E-state index in [1.54, 1.807) is 0 Å². The van der Waals surface area contributed by atoms with Gasteiger partial charge >= 0.3 is 0 Å². The molecule has 0 aromatic carbocycles. The molecular formula is C19H33NO. The van der Waals surface area contributed by atoms with Crippen LogP contribution < -0.4 is 0 Å². The molecule has 0 saturated carbocycles. The van der Waals surface area contributed by atoms with Gasteiger partial charge in [0.1, 0.15) is 0 Å². The van der Waals surface area contributed by atoms with Gasteiger partial charge in [-0.05, 0) is 58.4 Å². The molecule has 0 radical (unpaired) electrons. The molecule has 0 aromatic rings. The van der Waals surface area contributed by atoms with Crippen molar-refractivity contribution in [3.63, 3.8) is 0 Å². The Kier molecular flexibility index (Phi) is 5.67. The monoisotopic (exact) mass is 291 g/mol. The third-order valence-corrected chi connectivity index (χ3v) is 5.08. The molecule has 120 valence electrons. The van der Waals surface area contributed by atoms with E-state index in [0.29, 0.717) is 12.0 Å². The topological polar surface area (TPSA) is 23.5 Å². The third kappa shape index (κ3) is 4.43. The minimum atomic E-state index is -0.533. The van der Waals surface area contributed by atoms with Crippen molar-refractivity contribution >= 4 is 0 Å². The molecule has 0 aromatic heterocycles. The van der Waals surface area contributed by atoms with Gasteiger partial charge in [-0.15, -0.1) is 0 Å². The highest BCUT2D eigenvalue weighted by Crippen LogP contribution is 2.37. The van der Waals surface area contributed by atoms with Gasteiger partial charge in [0.05, 0.1) is 5.60 Å². The average molecular weight is 291 g/mol. The summed E-state index contributed by atoms with van der Waals surface area (Å²) >= 11 is 0. The van der Waals surface area contributed by atoms with Crippen LogP contribution in [0.5, 0.6) is 0 Å². The molecule has 21 heavy (non-hydrogen) atoms. The molecule has 0 aliphatic carbocycles. The summed E-state index contributed by atoms with van der Waals surface area (Å²) in [6.07, 6.45) is 11.6. The smallest absolute Gasteiger partial charge is 0.0811 e. The van der Waals surface area contributed by atoms with Crippen LogP contribution in [0.2, 0.25) is 0 Å². The Labute approximate surface area is 130 Å². The first-order chi connectivity index (χ1) is 9.92. The molecule has 2 heterocycles. The molecule has 2 aliphatic rings. The number of hydrogen-bond acceptors (Lipinski definition) is 2. The van der Waals surface area contributed by atoms with Crippen molar-refractivity contribution in [3.05, 3.63) is 23.3 Å². The molecule has 2 rings (SSSR count). The summed E-state index contributed by atoms with van der Waals surface area (Å²) in [6, 6.07) is 0.386. The summed E-state index contributed by atoms with van der Waals surface area (Å²) in [6.45, 7) is 11.0. The van der Waals surface area contributed by atoms with Crippen LogP contribution in [0.1, 0.15) is 66.2 Å². The molecule has 2 fully saturated rings. The lowest BCUT2D eigenvalue weighted by Crippen LogP contribution is -2.52. The van der Waals surface area contributed by atoms with Gasteiger partial charge in [0, 0.05) is 12.6 Å². The number of aliphatic hydroxyl groups is 1. The fraction of sp³-hybridized carbons (Fsp3) is 0.789. The van der Waals surface area contributed by atoms with E-state index >= 15 is 0 Å². The zero-order valence-electron chi connectivity index (χ0n) is 14.4.